The van der Waals surface area contributed by atoms with Gasteiger partial charge in [0.25, 0.3) is 0 Å². The molecular formula is C45H85NO10. The van der Waals surface area contributed by atoms with Gasteiger partial charge in [0.1, 0.15) is 36.6 Å². The Morgan fingerprint density at radius 2 is 1.09 bits per heavy atom. The molecule has 9 unspecified atom stereocenters. The van der Waals surface area contributed by atoms with Crippen LogP contribution in [0.1, 0.15) is 187 Å². The van der Waals surface area contributed by atoms with E-state index in [1.807, 2.05) is 0 Å². The fourth-order valence-corrected chi connectivity index (χ4v) is 7.18. The maximum absolute atomic E-state index is 13.0. The molecule has 0 aliphatic carbocycles. The van der Waals surface area contributed by atoms with Crippen LogP contribution in [0.15, 0.2) is 24.3 Å². The quantitative estimate of drug-likeness (QED) is 0.0239. The van der Waals surface area contributed by atoms with E-state index in [4.69, 9.17) is 9.47 Å². The summed E-state index contributed by atoms with van der Waals surface area (Å²) in [4.78, 5) is 13.0. The second kappa shape index (κ2) is 35.5. The minimum absolute atomic E-state index is 0.248. The molecule has 0 aromatic rings. The first kappa shape index (κ1) is 52.6. The van der Waals surface area contributed by atoms with Gasteiger partial charge in [-0.3, -0.25) is 4.79 Å². The Kier molecular flexibility index (Phi) is 33.4. The molecule has 0 bridgehead atoms. The molecule has 1 aliphatic rings. The van der Waals surface area contributed by atoms with Crippen molar-refractivity contribution < 1.29 is 50.0 Å². The molecule has 1 fully saturated rings. The number of carbonyl (C=O) groups is 1. The van der Waals surface area contributed by atoms with Crippen molar-refractivity contribution in [3.63, 3.8) is 0 Å². The van der Waals surface area contributed by atoms with Gasteiger partial charge in [-0.05, 0) is 44.9 Å². The highest BCUT2D eigenvalue weighted by molar-refractivity contribution is 5.80. The lowest BCUT2D eigenvalue weighted by atomic mass is 9.98. The normalized spacial score (nSPS) is 22.5. The number of allylic oxidation sites excluding steroid dienone is 4. The Bertz CT molecular complexity index is 965. The Hall–Kier alpha value is -1.41. The Labute approximate surface area is 340 Å². The van der Waals surface area contributed by atoms with Crippen molar-refractivity contribution >= 4 is 5.91 Å². The molecule has 56 heavy (non-hydrogen) atoms. The van der Waals surface area contributed by atoms with E-state index in [1.54, 1.807) is 0 Å². The molecule has 1 rings (SSSR count). The van der Waals surface area contributed by atoms with Gasteiger partial charge in [0.15, 0.2) is 6.29 Å². The highest BCUT2D eigenvalue weighted by Crippen LogP contribution is 2.23. The van der Waals surface area contributed by atoms with Crippen LogP contribution >= 0.6 is 0 Å². The topological polar surface area (TPSA) is 189 Å². The van der Waals surface area contributed by atoms with Crippen molar-refractivity contribution in [2.45, 2.75) is 242 Å². The molecule has 1 saturated heterocycles. The number of unbranched alkanes of at least 4 members (excludes halogenated alkanes) is 21. The zero-order valence-electron chi connectivity index (χ0n) is 35.4. The SMILES string of the molecule is CCCCCCCCCCC/C=C\C/C=C\CCCCCCCCC(O)C(=O)NC(COC1OC(CO)C(O)C(O)C1O)C(O)C(O)CCCCCCCCC. The third-order valence-corrected chi connectivity index (χ3v) is 11.0. The smallest absolute Gasteiger partial charge is 0.249 e. The van der Waals surface area contributed by atoms with Crippen LogP contribution in [-0.2, 0) is 14.3 Å². The van der Waals surface area contributed by atoms with Crippen LogP contribution in [0.4, 0.5) is 0 Å². The van der Waals surface area contributed by atoms with E-state index < -0.39 is 74.2 Å². The first-order chi connectivity index (χ1) is 27.2. The summed E-state index contributed by atoms with van der Waals surface area (Å²) in [5.74, 6) is -0.709. The van der Waals surface area contributed by atoms with E-state index in [0.29, 0.717) is 19.3 Å². The molecule has 1 amide bonds. The molecule has 1 heterocycles. The fraction of sp³-hybridized carbons (Fsp3) is 0.889. The average Bonchev–Trinajstić information content (AvgIpc) is 3.20. The standard InChI is InChI=1S/C45H85NO10/c1-3-5-7-9-11-12-13-14-15-16-17-18-19-20-21-22-23-24-25-27-29-31-33-38(49)44(54)46-36(40(50)37(48)32-30-28-26-10-8-6-4-2)35-55-45-43(53)42(52)41(51)39(34-47)56-45/h17-18,20-21,36-43,45,47-53H,3-16,19,22-35H2,1-2H3,(H,46,54)/b18-17-,21-20-. The number of ether oxygens (including phenoxy) is 2. The molecule has 0 aromatic carbocycles. The molecule has 11 nitrogen and oxygen atoms in total. The fourth-order valence-electron chi connectivity index (χ4n) is 7.18. The Morgan fingerprint density at radius 1 is 0.625 bits per heavy atom. The lowest BCUT2D eigenvalue weighted by molar-refractivity contribution is -0.303. The van der Waals surface area contributed by atoms with Gasteiger partial charge >= 0.3 is 0 Å². The predicted molar refractivity (Wildman–Crippen MR) is 224 cm³/mol. The number of hydrogen-bond donors (Lipinski definition) is 8. The summed E-state index contributed by atoms with van der Waals surface area (Å²) in [6.07, 6.45) is 26.9. The molecule has 1 aliphatic heterocycles. The third kappa shape index (κ3) is 25.2. The predicted octanol–water partition coefficient (Wildman–Crippen LogP) is 7.06. The van der Waals surface area contributed by atoms with Crippen LogP contribution in [0.5, 0.6) is 0 Å². The van der Waals surface area contributed by atoms with Crippen molar-refractivity contribution in [3.8, 4) is 0 Å². The molecule has 0 radical (unpaired) electrons. The van der Waals surface area contributed by atoms with Gasteiger partial charge in [0, 0.05) is 0 Å². The molecule has 330 valence electrons. The van der Waals surface area contributed by atoms with Gasteiger partial charge in [0.2, 0.25) is 5.91 Å². The maximum Gasteiger partial charge on any atom is 0.249 e. The highest BCUT2D eigenvalue weighted by atomic mass is 16.7. The average molecular weight is 800 g/mol. The minimum Gasteiger partial charge on any atom is -0.394 e. The van der Waals surface area contributed by atoms with E-state index in [0.717, 1.165) is 70.6 Å². The van der Waals surface area contributed by atoms with Gasteiger partial charge in [-0.1, -0.05) is 167 Å². The summed E-state index contributed by atoms with van der Waals surface area (Å²) in [6, 6.07) is -1.17. The summed E-state index contributed by atoms with van der Waals surface area (Å²) in [7, 11) is 0. The number of nitrogens with one attached hydrogen (secondary N) is 1. The van der Waals surface area contributed by atoms with Crippen LogP contribution in [0, 0.1) is 0 Å². The second-order valence-electron chi connectivity index (χ2n) is 16.1. The largest absolute Gasteiger partial charge is 0.394 e. The van der Waals surface area contributed by atoms with Gasteiger partial charge in [-0.15, -0.1) is 0 Å². The minimum atomic E-state index is -1.66. The number of aliphatic hydroxyl groups is 7. The molecule has 8 N–H and O–H groups in total. The molecule has 9 atom stereocenters. The Morgan fingerprint density at radius 3 is 1.59 bits per heavy atom. The zero-order valence-corrected chi connectivity index (χ0v) is 35.4. The molecule has 0 saturated carbocycles. The monoisotopic (exact) mass is 800 g/mol. The van der Waals surface area contributed by atoms with Gasteiger partial charge in [-0.25, -0.2) is 0 Å². The molecule has 0 aromatic heterocycles. The van der Waals surface area contributed by atoms with Crippen LogP contribution in [0.2, 0.25) is 0 Å². The Balaban J connectivity index is 2.36. The number of rotatable bonds is 37. The van der Waals surface area contributed by atoms with E-state index in [1.165, 1.54) is 77.0 Å². The first-order valence-corrected chi connectivity index (χ1v) is 22.7. The number of hydrogen-bond acceptors (Lipinski definition) is 10. The third-order valence-electron chi connectivity index (χ3n) is 11.0. The number of amides is 1. The maximum atomic E-state index is 13.0. The lowest BCUT2D eigenvalue weighted by Gasteiger charge is -2.40. The summed E-state index contributed by atoms with van der Waals surface area (Å²) >= 11 is 0. The van der Waals surface area contributed by atoms with Crippen LogP contribution < -0.4 is 5.32 Å². The first-order valence-electron chi connectivity index (χ1n) is 22.7. The van der Waals surface area contributed by atoms with Gasteiger partial charge < -0.3 is 50.5 Å². The highest BCUT2D eigenvalue weighted by Gasteiger charge is 2.44. The van der Waals surface area contributed by atoms with Gasteiger partial charge in [0.05, 0.1) is 25.4 Å². The van der Waals surface area contributed by atoms with E-state index in [9.17, 15) is 40.5 Å². The summed E-state index contributed by atoms with van der Waals surface area (Å²) in [5, 5.41) is 75.2. The second-order valence-corrected chi connectivity index (χ2v) is 16.1. The van der Waals surface area contributed by atoms with Crippen molar-refractivity contribution in [1.82, 2.24) is 5.32 Å². The van der Waals surface area contributed by atoms with E-state index >= 15 is 0 Å². The molecular weight excluding hydrogens is 714 g/mol. The molecule has 0 spiro atoms. The van der Waals surface area contributed by atoms with E-state index in [-0.39, 0.29) is 6.42 Å². The number of aliphatic hydroxyl groups excluding tert-OH is 7. The summed E-state index contributed by atoms with van der Waals surface area (Å²) in [5.41, 5.74) is 0. The van der Waals surface area contributed by atoms with Crippen molar-refractivity contribution in [1.29, 1.82) is 0 Å². The van der Waals surface area contributed by atoms with Gasteiger partial charge in [-0.2, -0.15) is 0 Å². The summed E-state index contributed by atoms with van der Waals surface area (Å²) < 4.78 is 11.0. The van der Waals surface area contributed by atoms with Crippen molar-refractivity contribution in [3.05, 3.63) is 24.3 Å². The van der Waals surface area contributed by atoms with Crippen LogP contribution in [0.25, 0.3) is 0 Å². The lowest BCUT2D eigenvalue weighted by Crippen LogP contribution is -2.60. The van der Waals surface area contributed by atoms with Crippen molar-refractivity contribution in [2.75, 3.05) is 13.2 Å². The van der Waals surface area contributed by atoms with E-state index in [2.05, 4.69) is 43.5 Å². The van der Waals surface area contributed by atoms with Crippen LogP contribution in [-0.4, -0.2) is 110 Å². The van der Waals surface area contributed by atoms with Crippen molar-refractivity contribution in [2.24, 2.45) is 0 Å². The zero-order chi connectivity index (χ0) is 41.2. The van der Waals surface area contributed by atoms with Crippen LogP contribution in [0.3, 0.4) is 0 Å². The number of carbonyl (C=O) groups excluding carboxylic acids is 1. The molecule has 11 heteroatoms. The summed E-state index contributed by atoms with van der Waals surface area (Å²) in [6.45, 7) is 3.36.